The number of benzene rings is 2. The number of carbonyl (C=O) groups is 2. The molecule has 0 fully saturated rings. The monoisotopic (exact) mass is 466 g/mol. The SMILES string of the molecule is CCCNC(=O)C(C)N(Cc1ccccc1C)C(=O)CSCc1c(Cl)cccc1Cl. The van der Waals surface area contributed by atoms with Gasteiger partial charge in [0, 0.05) is 28.9 Å². The summed E-state index contributed by atoms with van der Waals surface area (Å²) in [7, 11) is 0. The lowest BCUT2D eigenvalue weighted by atomic mass is 10.1. The molecule has 30 heavy (non-hydrogen) atoms. The third-order valence-electron chi connectivity index (χ3n) is 4.85. The van der Waals surface area contributed by atoms with E-state index in [1.807, 2.05) is 38.1 Å². The van der Waals surface area contributed by atoms with E-state index in [9.17, 15) is 9.59 Å². The van der Waals surface area contributed by atoms with E-state index in [0.29, 0.717) is 28.9 Å². The van der Waals surface area contributed by atoms with Crippen molar-refractivity contribution >= 4 is 46.8 Å². The highest BCUT2D eigenvalue weighted by Crippen LogP contribution is 2.28. The Labute approximate surface area is 193 Å². The van der Waals surface area contributed by atoms with E-state index in [1.165, 1.54) is 11.8 Å². The summed E-state index contributed by atoms with van der Waals surface area (Å²) in [6.45, 7) is 6.76. The minimum Gasteiger partial charge on any atom is -0.354 e. The fourth-order valence-electron chi connectivity index (χ4n) is 2.94. The zero-order chi connectivity index (χ0) is 22.1. The largest absolute Gasteiger partial charge is 0.354 e. The summed E-state index contributed by atoms with van der Waals surface area (Å²) in [4.78, 5) is 27.3. The molecule has 1 atom stereocenters. The lowest BCUT2D eigenvalue weighted by molar-refractivity contribution is -0.138. The number of rotatable bonds is 10. The molecule has 0 aliphatic carbocycles. The van der Waals surface area contributed by atoms with Crippen LogP contribution >= 0.6 is 35.0 Å². The number of hydrogen-bond donors (Lipinski definition) is 1. The van der Waals surface area contributed by atoms with Crippen molar-refractivity contribution in [1.82, 2.24) is 10.2 Å². The van der Waals surface area contributed by atoms with Crippen molar-refractivity contribution in [2.45, 2.75) is 45.5 Å². The van der Waals surface area contributed by atoms with E-state index in [4.69, 9.17) is 23.2 Å². The Bertz CT molecular complexity index is 856. The van der Waals surface area contributed by atoms with E-state index < -0.39 is 6.04 Å². The molecule has 2 aromatic rings. The van der Waals surface area contributed by atoms with Crippen LogP contribution in [0.3, 0.4) is 0 Å². The molecule has 0 heterocycles. The second-order valence-electron chi connectivity index (χ2n) is 7.11. The number of amides is 2. The van der Waals surface area contributed by atoms with Gasteiger partial charge in [0.1, 0.15) is 6.04 Å². The zero-order valence-electron chi connectivity index (χ0n) is 17.6. The maximum atomic E-state index is 13.1. The summed E-state index contributed by atoms with van der Waals surface area (Å²) in [5.41, 5.74) is 2.94. The first-order valence-electron chi connectivity index (χ1n) is 9.97. The van der Waals surface area contributed by atoms with Gasteiger partial charge in [0.2, 0.25) is 11.8 Å². The molecule has 7 heteroatoms. The summed E-state index contributed by atoms with van der Waals surface area (Å²) in [5.74, 6) is 0.529. The molecule has 4 nitrogen and oxygen atoms in total. The molecular formula is C23H28Cl2N2O2S. The molecular weight excluding hydrogens is 439 g/mol. The second-order valence-corrected chi connectivity index (χ2v) is 8.91. The quantitative estimate of drug-likeness (QED) is 0.504. The number of halogens is 2. The lowest BCUT2D eigenvalue weighted by Crippen LogP contribution is -2.48. The van der Waals surface area contributed by atoms with E-state index >= 15 is 0 Å². The lowest BCUT2D eigenvalue weighted by Gasteiger charge is -2.29. The normalized spacial score (nSPS) is 11.8. The van der Waals surface area contributed by atoms with Gasteiger partial charge in [-0.2, -0.15) is 0 Å². The maximum absolute atomic E-state index is 13.1. The molecule has 0 radical (unpaired) electrons. The average Bonchev–Trinajstić information content (AvgIpc) is 2.72. The molecule has 0 spiro atoms. The van der Waals surface area contributed by atoms with Crippen LogP contribution in [-0.4, -0.2) is 35.1 Å². The molecule has 0 saturated heterocycles. The van der Waals surface area contributed by atoms with E-state index in [0.717, 1.165) is 23.1 Å². The first-order chi connectivity index (χ1) is 14.3. The Morgan fingerprint density at radius 1 is 1.10 bits per heavy atom. The fourth-order valence-corrected chi connectivity index (χ4v) is 4.59. The van der Waals surface area contributed by atoms with Crippen LogP contribution in [0.15, 0.2) is 42.5 Å². The van der Waals surface area contributed by atoms with Gasteiger partial charge in [-0.1, -0.05) is 60.5 Å². The molecule has 1 N–H and O–H groups in total. The van der Waals surface area contributed by atoms with Crippen LogP contribution in [0, 0.1) is 6.92 Å². The predicted molar refractivity (Wildman–Crippen MR) is 127 cm³/mol. The summed E-state index contributed by atoms with van der Waals surface area (Å²) < 4.78 is 0. The Morgan fingerprint density at radius 2 is 1.77 bits per heavy atom. The van der Waals surface area contributed by atoms with Gasteiger partial charge >= 0.3 is 0 Å². The Kier molecular flexibility index (Phi) is 10.0. The minimum atomic E-state index is -0.562. The average molecular weight is 467 g/mol. The maximum Gasteiger partial charge on any atom is 0.242 e. The molecule has 2 amide bonds. The van der Waals surface area contributed by atoms with Crippen LogP contribution in [0.25, 0.3) is 0 Å². The van der Waals surface area contributed by atoms with Gasteiger partial charge < -0.3 is 10.2 Å². The van der Waals surface area contributed by atoms with Gasteiger partial charge in [-0.25, -0.2) is 0 Å². The standard InChI is InChI=1S/C23H28Cl2N2O2S/c1-4-12-26-23(29)17(3)27(13-18-9-6-5-8-16(18)2)22(28)15-30-14-19-20(24)10-7-11-21(19)25/h5-11,17H,4,12-15H2,1-3H3,(H,26,29). The van der Waals surface area contributed by atoms with Gasteiger partial charge in [0.15, 0.2) is 0 Å². The van der Waals surface area contributed by atoms with Crippen molar-refractivity contribution in [3.63, 3.8) is 0 Å². The number of nitrogens with zero attached hydrogens (tertiary/aromatic N) is 1. The summed E-state index contributed by atoms with van der Waals surface area (Å²) in [6, 6.07) is 12.7. The smallest absolute Gasteiger partial charge is 0.242 e. The Morgan fingerprint density at radius 3 is 2.40 bits per heavy atom. The molecule has 0 bridgehead atoms. The zero-order valence-corrected chi connectivity index (χ0v) is 19.9. The Balaban J connectivity index is 2.11. The third-order valence-corrected chi connectivity index (χ3v) is 6.50. The van der Waals surface area contributed by atoms with Crippen LogP contribution < -0.4 is 5.32 Å². The van der Waals surface area contributed by atoms with Crippen LogP contribution in [0.1, 0.15) is 37.0 Å². The first-order valence-corrected chi connectivity index (χ1v) is 11.9. The number of aryl methyl sites for hydroxylation is 1. The highest BCUT2D eigenvalue weighted by atomic mass is 35.5. The van der Waals surface area contributed by atoms with Crippen molar-refractivity contribution in [2.75, 3.05) is 12.3 Å². The van der Waals surface area contributed by atoms with Crippen molar-refractivity contribution in [3.05, 3.63) is 69.2 Å². The van der Waals surface area contributed by atoms with Crippen LogP contribution in [0.2, 0.25) is 10.0 Å². The van der Waals surface area contributed by atoms with E-state index in [1.54, 1.807) is 30.0 Å². The summed E-state index contributed by atoms with van der Waals surface area (Å²) >= 11 is 13.9. The molecule has 0 aliphatic heterocycles. The van der Waals surface area contributed by atoms with Crippen LogP contribution in [-0.2, 0) is 21.9 Å². The van der Waals surface area contributed by atoms with Gasteiger partial charge in [0.05, 0.1) is 5.75 Å². The topological polar surface area (TPSA) is 49.4 Å². The number of hydrogen-bond acceptors (Lipinski definition) is 3. The third kappa shape index (κ3) is 6.93. The van der Waals surface area contributed by atoms with Gasteiger partial charge in [0.25, 0.3) is 0 Å². The van der Waals surface area contributed by atoms with Crippen LogP contribution in [0.5, 0.6) is 0 Å². The predicted octanol–water partition coefficient (Wildman–Crippen LogP) is 5.48. The fraction of sp³-hybridized carbons (Fsp3) is 0.391. The molecule has 0 aromatic heterocycles. The molecule has 1 unspecified atom stereocenters. The minimum absolute atomic E-state index is 0.0921. The molecule has 0 saturated carbocycles. The van der Waals surface area contributed by atoms with E-state index in [-0.39, 0.29) is 17.6 Å². The summed E-state index contributed by atoms with van der Waals surface area (Å²) in [5, 5.41) is 4.07. The van der Waals surface area contributed by atoms with Crippen molar-refractivity contribution in [3.8, 4) is 0 Å². The number of nitrogens with one attached hydrogen (secondary N) is 1. The van der Waals surface area contributed by atoms with Crippen LogP contribution in [0.4, 0.5) is 0 Å². The highest BCUT2D eigenvalue weighted by Gasteiger charge is 2.26. The second kappa shape index (κ2) is 12.2. The molecule has 162 valence electrons. The summed E-state index contributed by atoms with van der Waals surface area (Å²) in [6.07, 6.45) is 0.846. The number of thioether (sulfide) groups is 1. The first kappa shape index (κ1) is 24.6. The Hall–Kier alpha value is -1.69. The molecule has 0 aliphatic rings. The number of carbonyl (C=O) groups excluding carboxylic acids is 2. The van der Waals surface area contributed by atoms with Crippen molar-refractivity contribution in [1.29, 1.82) is 0 Å². The van der Waals surface area contributed by atoms with Crippen molar-refractivity contribution in [2.24, 2.45) is 0 Å². The van der Waals surface area contributed by atoms with Gasteiger partial charge in [-0.15, -0.1) is 11.8 Å². The molecule has 2 aromatic carbocycles. The van der Waals surface area contributed by atoms with Gasteiger partial charge in [-0.3, -0.25) is 9.59 Å². The van der Waals surface area contributed by atoms with Crippen molar-refractivity contribution < 1.29 is 9.59 Å². The van der Waals surface area contributed by atoms with Gasteiger partial charge in [-0.05, 0) is 49.1 Å². The molecule has 2 rings (SSSR count). The van der Waals surface area contributed by atoms with E-state index in [2.05, 4.69) is 5.32 Å². The highest BCUT2D eigenvalue weighted by molar-refractivity contribution is 7.99.